The molecule has 0 fully saturated rings. The van der Waals surface area contributed by atoms with E-state index in [9.17, 15) is 9.59 Å². The number of carbonyl (C=O) groups is 2. The molecule has 0 aliphatic rings. The van der Waals surface area contributed by atoms with Gasteiger partial charge in [-0.05, 0) is 48.0 Å². The predicted molar refractivity (Wildman–Crippen MR) is 127 cm³/mol. The maximum atomic E-state index is 12.8. The van der Waals surface area contributed by atoms with Gasteiger partial charge in [0.2, 0.25) is 8.32 Å². The molecule has 2 aromatic rings. The highest BCUT2D eigenvalue weighted by Gasteiger charge is 2.40. The van der Waals surface area contributed by atoms with Gasteiger partial charge in [-0.3, -0.25) is 4.79 Å². The van der Waals surface area contributed by atoms with Gasteiger partial charge in [0.25, 0.3) is 5.91 Å². The number of esters is 1. The van der Waals surface area contributed by atoms with Crippen LogP contribution in [-0.4, -0.2) is 32.8 Å². The molecule has 0 heterocycles. The Hall–Kier alpha value is -2.86. The number of benzene rings is 2. The van der Waals surface area contributed by atoms with E-state index < -0.39 is 19.8 Å². The number of amides is 1. The molecule has 0 bridgehead atoms. The standard InChI is InChI=1S/C25H33NO4Si/c1-8-25(23(28)29-5,26-22(27)20-14-10-9-11-15-20)18-19-13-12-16-21(17-19)30-31(6,7)24(2,3)4/h8-17H,1,18H2,2-7H3,(H,26,27)/t25-/m0/s1. The van der Waals surface area contributed by atoms with Crippen LogP contribution in [-0.2, 0) is 16.0 Å². The van der Waals surface area contributed by atoms with E-state index in [4.69, 9.17) is 9.16 Å². The number of hydrogen-bond acceptors (Lipinski definition) is 4. The number of carbonyl (C=O) groups excluding carboxylic acids is 2. The van der Waals surface area contributed by atoms with E-state index >= 15 is 0 Å². The van der Waals surface area contributed by atoms with Crippen LogP contribution in [0.1, 0.15) is 36.7 Å². The monoisotopic (exact) mass is 439 g/mol. The average Bonchev–Trinajstić information content (AvgIpc) is 2.72. The maximum Gasteiger partial charge on any atom is 0.336 e. The first-order valence-corrected chi connectivity index (χ1v) is 13.2. The van der Waals surface area contributed by atoms with Crippen molar-refractivity contribution in [1.29, 1.82) is 0 Å². The van der Waals surface area contributed by atoms with Crippen molar-refractivity contribution < 1.29 is 18.8 Å². The molecule has 31 heavy (non-hydrogen) atoms. The molecule has 0 aromatic heterocycles. The highest BCUT2D eigenvalue weighted by atomic mass is 28.4. The summed E-state index contributed by atoms with van der Waals surface area (Å²) in [5, 5.41) is 2.88. The quantitative estimate of drug-likeness (QED) is 0.351. The number of hydrogen-bond donors (Lipinski definition) is 1. The van der Waals surface area contributed by atoms with Crippen LogP contribution < -0.4 is 9.74 Å². The van der Waals surface area contributed by atoms with Crippen molar-refractivity contribution >= 4 is 20.2 Å². The van der Waals surface area contributed by atoms with Crippen molar-refractivity contribution in [2.24, 2.45) is 0 Å². The third-order valence-corrected chi connectivity index (χ3v) is 10.2. The lowest BCUT2D eigenvalue weighted by Gasteiger charge is -2.36. The van der Waals surface area contributed by atoms with Crippen molar-refractivity contribution in [3.63, 3.8) is 0 Å². The van der Waals surface area contributed by atoms with E-state index in [0.717, 1.165) is 11.3 Å². The summed E-state index contributed by atoms with van der Waals surface area (Å²) in [6.45, 7) is 14.7. The first kappa shape index (κ1) is 24.4. The van der Waals surface area contributed by atoms with Crippen molar-refractivity contribution in [1.82, 2.24) is 5.32 Å². The minimum absolute atomic E-state index is 0.0591. The van der Waals surface area contributed by atoms with E-state index in [1.165, 1.54) is 13.2 Å². The first-order valence-electron chi connectivity index (χ1n) is 10.3. The second-order valence-corrected chi connectivity index (χ2v) is 13.9. The predicted octanol–water partition coefficient (Wildman–Crippen LogP) is 5.14. The molecule has 2 rings (SSSR count). The molecule has 6 heteroatoms. The topological polar surface area (TPSA) is 64.6 Å². The Morgan fingerprint density at radius 1 is 1.06 bits per heavy atom. The molecule has 2 aromatic carbocycles. The van der Waals surface area contributed by atoms with E-state index in [1.807, 2.05) is 30.3 Å². The van der Waals surface area contributed by atoms with Gasteiger partial charge in [0.05, 0.1) is 7.11 Å². The molecule has 5 nitrogen and oxygen atoms in total. The minimum Gasteiger partial charge on any atom is -0.543 e. The Labute approximate surface area is 186 Å². The molecule has 166 valence electrons. The molecular weight excluding hydrogens is 406 g/mol. The fraction of sp³-hybridized carbons (Fsp3) is 0.360. The Morgan fingerprint density at radius 2 is 1.71 bits per heavy atom. The molecule has 0 radical (unpaired) electrons. The summed E-state index contributed by atoms with van der Waals surface area (Å²) in [5.74, 6) is -0.205. The second-order valence-electron chi connectivity index (χ2n) is 9.17. The van der Waals surface area contributed by atoms with Gasteiger partial charge < -0.3 is 14.5 Å². The maximum absolute atomic E-state index is 12.8. The summed E-state index contributed by atoms with van der Waals surface area (Å²) in [6, 6.07) is 16.4. The Bertz CT molecular complexity index is 934. The summed E-state index contributed by atoms with van der Waals surface area (Å²) < 4.78 is 11.4. The van der Waals surface area contributed by atoms with Crippen LogP contribution >= 0.6 is 0 Å². The van der Waals surface area contributed by atoms with Gasteiger partial charge in [-0.1, -0.05) is 57.2 Å². The Balaban J connectivity index is 2.34. The SMILES string of the molecule is C=C[C@@](Cc1cccc(O[Si](C)(C)C(C)(C)C)c1)(NC(=O)c1ccccc1)C(=O)OC. The Kier molecular flexibility index (Phi) is 7.49. The molecule has 0 aliphatic carbocycles. The van der Waals surface area contributed by atoms with Crippen molar-refractivity contribution in [3.05, 3.63) is 78.4 Å². The zero-order valence-corrected chi connectivity index (χ0v) is 20.3. The smallest absolute Gasteiger partial charge is 0.336 e. The summed E-state index contributed by atoms with van der Waals surface area (Å²) in [6.07, 6.45) is 1.62. The molecule has 1 N–H and O–H groups in total. The van der Waals surface area contributed by atoms with Crippen LogP contribution in [0.3, 0.4) is 0 Å². The second kappa shape index (κ2) is 9.52. The van der Waals surface area contributed by atoms with Crippen LogP contribution in [0.4, 0.5) is 0 Å². The van der Waals surface area contributed by atoms with Crippen LogP contribution in [0.2, 0.25) is 18.1 Å². The largest absolute Gasteiger partial charge is 0.543 e. The fourth-order valence-corrected chi connectivity index (χ4v) is 3.93. The van der Waals surface area contributed by atoms with Crippen LogP contribution in [0.5, 0.6) is 5.75 Å². The molecular formula is C25H33NO4Si. The van der Waals surface area contributed by atoms with E-state index in [2.05, 4.69) is 45.8 Å². The van der Waals surface area contributed by atoms with Crippen LogP contribution in [0.15, 0.2) is 67.3 Å². The average molecular weight is 440 g/mol. The van der Waals surface area contributed by atoms with E-state index in [-0.39, 0.29) is 17.4 Å². The molecule has 0 aliphatic heterocycles. The zero-order valence-electron chi connectivity index (χ0n) is 19.3. The van der Waals surface area contributed by atoms with Crippen LogP contribution in [0, 0.1) is 0 Å². The molecule has 1 amide bonds. The van der Waals surface area contributed by atoms with E-state index in [1.54, 1.807) is 24.3 Å². The molecule has 0 saturated carbocycles. The van der Waals surface area contributed by atoms with Gasteiger partial charge in [-0.2, -0.15) is 0 Å². The van der Waals surface area contributed by atoms with Crippen molar-refractivity contribution in [3.8, 4) is 5.75 Å². The van der Waals surface area contributed by atoms with Gasteiger partial charge in [-0.25, -0.2) is 4.79 Å². The summed E-state index contributed by atoms with van der Waals surface area (Å²) in [5.41, 5.74) is -0.125. The summed E-state index contributed by atoms with van der Waals surface area (Å²) >= 11 is 0. The third kappa shape index (κ3) is 5.85. The molecule has 0 saturated heterocycles. The highest BCUT2D eigenvalue weighted by Crippen LogP contribution is 2.37. The van der Waals surface area contributed by atoms with Crippen molar-refractivity contribution in [2.45, 2.75) is 50.9 Å². The molecule has 1 atom stereocenters. The number of rotatable bonds is 8. The minimum atomic E-state index is -2.02. The van der Waals surface area contributed by atoms with Gasteiger partial charge in [0.1, 0.15) is 5.75 Å². The number of nitrogens with one attached hydrogen (secondary N) is 1. The highest BCUT2D eigenvalue weighted by molar-refractivity contribution is 6.74. The normalized spacial score (nSPS) is 13.6. The van der Waals surface area contributed by atoms with E-state index in [0.29, 0.717) is 5.56 Å². The first-order chi connectivity index (χ1) is 14.4. The summed E-state index contributed by atoms with van der Waals surface area (Å²) in [7, 11) is -0.718. The van der Waals surface area contributed by atoms with Gasteiger partial charge in [0, 0.05) is 12.0 Å². The Morgan fingerprint density at radius 3 is 2.26 bits per heavy atom. The zero-order chi connectivity index (χ0) is 23.3. The lowest BCUT2D eigenvalue weighted by Crippen LogP contribution is -2.55. The van der Waals surface area contributed by atoms with Crippen LogP contribution in [0.25, 0.3) is 0 Å². The number of ether oxygens (including phenoxy) is 1. The third-order valence-electron chi connectivity index (χ3n) is 5.83. The lowest BCUT2D eigenvalue weighted by molar-refractivity contribution is -0.146. The summed E-state index contributed by atoms with van der Waals surface area (Å²) in [4.78, 5) is 25.6. The molecule has 0 unspecified atom stereocenters. The number of methoxy groups -OCH3 is 1. The van der Waals surface area contributed by atoms with Gasteiger partial charge in [0.15, 0.2) is 5.54 Å². The van der Waals surface area contributed by atoms with Crippen molar-refractivity contribution in [2.75, 3.05) is 7.11 Å². The molecule has 0 spiro atoms. The lowest BCUT2D eigenvalue weighted by atomic mass is 9.90. The fourth-order valence-electron chi connectivity index (χ4n) is 2.91. The van der Waals surface area contributed by atoms with Gasteiger partial charge >= 0.3 is 5.97 Å². The van der Waals surface area contributed by atoms with Gasteiger partial charge in [-0.15, -0.1) is 6.58 Å².